The first kappa shape index (κ1) is 31.7. The SMILES string of the molecule is Cc1ccc(CNC(=O)c2nn(-c3ccc(F)cc3)c(CC[C@@H](O)C[C@@H](O)CC(=O)O)c2C(C)C)cc1.[NaH]. The van der Waals surface area contributed by atoms with Gasteiger partial charge in [0.25, 0.3) is 5.91 Å². The normalized spacial score (nSPS) is 12.6. The molecule has 0 bridgehead atoms. The number of nitrogens with zero attached hydrogens (tertiary/aromatic N) is 2. The van der Waals surface area contributed by atoms with Crippen LogP contribution < -0.4 is 5.32 Å². The van der Waals surface area contributed by atoms with Gasteiger partial charge in [0.2, 0.25) is 0 Å². The summed E-state index contributed by atoms with van der Waals surface area (Å²) in [7, 11) is 0. The molecule has 0 aliphatic carbocycles. The molecule has 0 unspecified atom stereocenters. The van der Waals surface area contributed by atoms with Crippen LogP contribution in [-0.4, -0.2) is 78.7 Å². The zero-order chi connectivity index (χ0) is 27.1. The topological polar surface area (TPSA) is 125 Å². The van der Waals surface area contributed by atoms with Crippen LogP contribution in [0.15, 0.2) is 48.5 Å². The van der Waals surface area contributed by atoms with Crippen molar-refractivity contribution in [3.63, 3.8) is 0 Å². The average molecular weight is 536 g/mol. The van der Waals surface area contributed by atoms with Crippen molar-refractivity contribution in [2.75, 3.05) is 0 Å². The summed E-state index contributed by atoms with van der Waals surface area (Å²) in [6.45, 7) is 6.21. The summed E-state index contributed by atoms with van der Waals surface area (Å²) < 4.78 is 15.2. The number of carbonyl (C=O) groups excluding carboxylic acids is 1. The van der Waals surface area contributed by atoms with Crippen molar-refractivity contribution >= 4 is 41.4 Å². The Labute approximate surface area is 244 Å². The van der Waals surface area contributed by atoms with Crippen molar-refractivity contribution in [3.8, 4) is 5.69 Å². The number of halogens is 1. The zero-order valence-electron chi connectivity index (χ0n) is 21.3. The van der Waals surface area contributed by atoms with Crippen LogP contribution in [0.2, 0.25) is 0 Å². The van der Waals surface area contributed by atoms with E-state index in [4.69, 9.17) is 5.11 Å². The van der Waals surface area contributed by atoms with E-state index in [0.29, 0.717) is 29.9 Å². The molecule has 8 nitrogen and oxygen atoms in total. The minimum absolute atomic E-state index is 0. The molecule has 2 atom stereocenters. The first-order chi connectivity index (χ1) is 17.5. The van der Waals surface area contributed by atoms with Gasteiger partial charge in [0.05, 0.1) is 24.3 Å². The molecule has 0 radical (unpaired) electrons. The summed E-state index contributed by atoms with van der Waals surface area (Å²) in [5, 5.41) is 36.7. The van der Waals surface area contributed by atoms with Crippen LogP contribution in [0.5, 0.6) is 0 Å². The van der Waals surface area contributed by atoms with E-state index in [9.17, 15) is 24.2 Å². The van der Waals surface area contributed by atoms with Gasteiger partial charge >= 0.3 is 35.5 Å². The van der Waals surface area contributed by atoms with Crippen molar-refractivity contribution in [3.05, 3.63) is 82.4 Å². The van der Waals surface area contributed by atoms with Crippen LogP contribution in [0.3, 0.4) is 0 Å². The van der Waals surface area contributed by atoms with Crippen LogP contribution in [-0.2, 0) is 17.8 Å². The molecule has 0 saturated carbocycles. The average Bonchev–Trinajstić information content (AvgIpc) is 3.22. The second kappa shape index (κ2) is 14.6. The van der Waals surface area contributed by atoms with Gasteiger partial charge in [0, 0.05) is 17.8 Å². The molecule has 2 aromatic carbocycles. The Morgan fingerprint density at radius 1 is 1.03 bits per heavy atom. The van der Waals surface area contributed by atoms with E-state index in [1.807, 2.05) is 45.0 Å². The van der Waals surface area contributed by atoms with Crippen LogP contribution in [0.1, 0.15) is 71.9 Å². The number of aryl methyl sites for hydroxylation is 1. The second-order valence-corrected chi connectivity index (χ2v) is 9.60. The second-order valence-electron chi connectivity index (χ2n) is 9.60. The van der Waals surface area contributed by atoms with Crippen LogP contribution >= 0.6 is 0 Å². The molecule has 10 heteroatoms. The summed E-state index contributed by atoms with van der Waals surface area (Å²) in [5.41, 5.74) is 4.29. The van der Waals surface area contributed by atoms with Crippen molar-refractivity contribution in [2.24, 2.45) is 0 Å². The fourth-order valence-corrected chi connectivity index (χ4v) is 4.27. The third-order valence-electron chi connectivity index (χ3n) is 6.13. The molecule has 38 heavy (non-hydrogen) atoms. The number of carboxylic acid groups (broad SMARTS) is 1. The number of hydrogen-bond donors (Lipinski definition) is 4. The van der Waals surface area contributed by atoms with E-state index in [-0.39, 0.29) is 59.9 Å². The van der Waals surface area contributed by atoms with E-state index >= 15 is 0 Å². The molecule has 3 rings (SSSR count). The van der Waals surface area contributed by atoms with Crippen LogP contribution in [0.25, 0.3) is 5.69 Å². The fraction of sp³-hybridized carbons (Fsp3) is 0.393. The monoisotopic (exact) mass is 535 g/mol. The predicted molar refractivity (Wildman–Crippen MR) is 144 cm³/mol. The van der Waals surface area contributed by atoms with Crippen molar-refractivity contribution in [1.82, 2.24) is 15.1 Å². The number of aliphatic carboxylic acids is 1. The van der Waals surface area contributed by atoms with Gasteiger partial charge in [-0.05, 0) is 61.9 Å². The number of rotatable bonds is 12. The molecular weight excluding hydrogens is 500 g/mol. The molecule has 0 fully saturated rings. The van der Waals surface area contributed by atoms with Gasteiger partial charge < -0.3 is 20.6 Å². The van der Waals surface area contributed by atoms with E-state index in [1.54, 1.807) is 16.8 Å². The molecule has 1 aromatic heterocycles. The molecule has 1 amide bonds. The summed E-state index contributed by atoms with van der Waals surface area (Å²) in [6.07, 6.45) is -2.13. The van der Waals surface area contributed by atoms with Gasteiger partial charge in [-0.3, -0.25) is 9.59 Å². The number of amides is 1. The number of aliphatic hydroxyl groups is 2. The number of benzene rings is 2. The number of aromatic nitrogens is 2. The molecule has 1 heterocycles. The summed E-state index contributed by atoms with van der Waals surface area (Å²) in [4.78, 5) is 24.1. The van der Waals surface area contributed by atoms with E-state index in [1.165, 1.54) is 12.1 Å². The maximum absolute atomic E-state index is 13.6. The third-order valence-corrected chi connectivity index (χ3v) is 6.13. The summed E-state index contributed by atoms with van der Waals surface area (Å²) in [6, 6.07) is 13.6. The summed E-state index contributed by atoms with van der Waals surface area (Å²) >= 11 is 0. The van der Waals surface area contributed by atoms with Crippen molar-refractivity contribution < 1.29 is 29.3 Å². The Morgan fingerprint density at radius 2 is 1.66 bits per heavy atom. The van der Waals surface area contributed by atoms with Crippen LogP contribution in [0.4, 0.5) is 4.39 Å². The fourth-order valence-electron chi connectivity index (χ4n) is 4.27. The van der Waals surface area contributed by atoms with E-state index < -0.39 is 30.4 Å². The van der Waals surface area contributed by atoms with Gasteiger partial charge in [-0.25, -0.2) is 9.07 Å². The Morgan fingerprint density at radius 3 is 2.24 bits per heavy atom. The molecular formula is C28H35FN3NaO5. The molecule has 0 saturated heterocycles. The predicted octanol–water partition coefficient (Wildman–Crippen LogP) is 3.24. The standard InChI is InChI=1S/C28H34FN3O5.Na.H/c1-17(2)26-24(13-12-22(33)14-23(34)15-25(35)36)32(21-10-8-20(29)9-11-21)31-27(26)28(37)30-16-19-6-4-18(3)5-7-19;;/h4-11,17,22-23,33-34H,12-16H2,1-3H3,(H,30,37)(H,35,36);;/t22-,23-;;/m1../s1. The first-order valence-electron chi connectivity index (χ1n) is 12.3. The Bertz CT molecular complexity index is 1210. The maximum atomic E-state index is 13.6. The quantitative estimate of drug-likeness (QED) is 0.264. The number of hydrogen-bond acceptors (Lipinski definition) is 5. The van der Waals surface area contributed by atoms with Gasteiger partial charge in [0.1, 0.15) is 5.82 Å². The molecule has 3 aromatic rings. The molecule has 4 N–H and O–H groups in total. The minimum atomic E-state index is -1.16. The molecule has 0 spiro atoms. The van der Waals surface area contributed by atoms with E-state index in [2.05, 4.69) is 10.4 Å². The summed E-state index contributed by atoms with van der Waals surface area (Å²) in [5.74, 6) is -1.97. The van der Waals surface area contributed by atoms with Gasteiger partial charge in [-0.2, -0.15) is 5.10 Å². The third kappa shape index (κ3) is 8.74. The number of carboxylic acids is 1. The number of nitrogens with one attached hydrogen (secondary N) is 1. The zero-order valence-corrected chi connectivity index (χ0v) is 21.3. The van der Waals surface area contributed by atoms with Crippen molar-refractivity contribution in [1.29, 1.82) is 0 Å². The Balaban J connectivity index is 0.00000507. The van der Waals surface area contributed by atoms with Gasteiger partial charge in [0.15, 0.2) is 5.69 Å². The Hall–Kier alpha value is -2.56. The van der Waals surface area contributed by atoms with Gasteiger partial charge in [-0.1, -0.05) is 43.7 Å². The molecule has 200 valence electrons. The molecule has 0 aliphatic rings. The number of aliphatic hydroxyl groups excluding tert-OH is 2. The Kier molecular flexibility index (Phi) is 12.1. The van der Waals surface area contributed by atoms with Crippen LogP contribution in [0, 0.1) is 12.7 Å². The van der Waals surface area contributed by atoms with E-state index in [0.717, 1.165) is 11.1 Å². The van der Waals surface area contributed by atoms with Crippen molar-refractivity contribution in [2.45, 2.75) is 71.1 Å². The molecule has 0 aliphatic heterocycles. The first-order valence-corrected chi connectivity index (χ1v) is 12.3. The van der Waals surface area contributed by atoms with Gasteiger partial charge in [-0.15, -0.1) is 0 Å². The number of carbonyl (C=O) groups is 2.